The molecule has 0 aromatic rings. The van der Waals surface area contributed by atoms with Crippen LogP contribution in [0.15, 0.2) is 0 Å². The number of carboxylic acid groups (broad SMARTS) is 1. The van der Waals surface area contributed by atoms with Gasteiger partial charge in [0.1, 0.15) is 0 Å². The van der Waals surface area contributed by atoms with E-state index in [-0.39, 0.29) is 6.42 Å². The highest BCUT2D eigenvalue weighted by atomic mass is 16.4. The summed E-state index contributed by atoms with van der Waals surface area (Å²) in [5.41, 5.74) is 0. The van der Waals surface area contributed by atoms with Crippen molar-refractivity contribution >= 4 is 5.97 Å². The van der Waals surface area contributed by atoms with Crippen LogP contribution in [-0.2, 0) is 4.79 Å². The van der Waals surface area contributed by atoms with Crippen molar-refractivity contribution in [1.29, 1.82) is 0 Å². The fourth-order valence-electron chi connectivity index (χ4n) is 1.06. The molecule has 0 aromatic heterocycles. The van der Waals surface area contributed by atoms with Crippen LogP contribution in [0.3, 0.4) is 0 Å². The molecule has 0 saturated carbocycles. The number of aliphatic carboxylic acids is 1. The second-order valence-electron chi connectivity index (χ2n) is 3.06. The molecule has 3 nitrogen and oxygen atoms in total. The Balaban J connectivity index is 3.21. The quantitative estimate of drug-likeness (QED) is 0.569. The molecule has 0 spiro atoms. The van der Waals surface area contributed by atoms with E-state index in [1.165, 1.54) is 0 Å². The molecule has 0 saturated heterocycles. The molecule has 0 aliphatic rings. The van der Waals surface area contributed by atoms with Gasteiger partial charge in [-0.05, 0) is 19.3 Å². The Bertz CT molecular complexity index is 123. The lowest BCUT2D eigenvalue weighted by Crippen LogP contribution is -2.23. The minimum absolute atomic E-state index is 0.0344. The zero-order chi connectivity index (χ0) is 9.40. The van der Waals surface area contributed by atoms with Crippen LogP contribution < -0.4 is 5.11 Å². The first-order chi connectivity index (χ1) is 5.66. The van der Waals surface area contributed by atoms with E-state index in [4.69, 9.17) is 0 Å². The van der Waals surface area contributed by atoms with Crippen LogP contribution in [0.4, 0.5) is 0 Å². The van der Waals surface area contributed by atoms with E-state index in [2.05, 4.69) is 6.92 Å². The van der Waals surface area contributed by atoms with Crippen molar-refractivity contribution in [3.05, 3.63) is 0 Å². The van der Waals surface area contributed by atoms with Gasteiger partial charge in [0.25, 0.3) is 0 Å². The molecule has 0 radical (unpaired) electrons. The van der Waals surface area contributed by atoms with Gasteiger partial charge < -0.3 is 15.0 Å². The molecule has 1 atom stereocenters. The molecule has 72 valence electrons. The normalized spacial score (nSPS) is 12.8. The van der Waals surface area contributed by atoms with Gasteiger partial charge in [-0.25, -0.2) is 0 Å². The van der Waals surface area contributed by atoms with Gasteiger partial charge in [0, 0.05) is 5.97 Å². The average molecular weight is 173 g/mol. The van der Waals surface area contributed by atoms with E-state index in [1.54, 1.807) is 0 Å². The largest absolute Gasteiger partial charge is 0.550 e. The smallest absolute Gasteiger partial charge is 0.0543 e. The van der Waals surface area contributed by atoms with E-state index in [0.717, 1.165) is 19.3 Å². The average Bonchev–Trinajstić information content (AvgIpc) is 2.01. The minimum atomic E-state index is -1.08. The monoisotopic (exact) mass is 173 g/mol. The second kappa shape index (κ2) is 7.10. The van der Waals surface area contributed by atoms with Gasteiger partial charge in [0.2, 0.25) is 0 Å². The number of aliphatic hydroxyl groups excluding tert-OH is 1. The third-order valence-corrected chi connectivity index (χ3v) is 1.82. The summed E-state index contributed by atoms with van der Waals surface area (Å²) < 4.78 is 0. The lowest BCUT2D eigenvalue weighted by Gasteiger charge is -2.09. The molecule has 0 fully saturated rings. The van der Waals surface area contributed by atoms with Gasteiger partial charge >= 0.3 is 0 Å². The molecule has 0 bridgehead atoms. The van der Waals surface area contributed by atoms with Crippen molar-refractivity contribution in [2.24, 2.45) is 0 Å². The molecule has 3 heteroatoms. The number of rotatable bonds is 7. The SMILES string of the molecule is CCCCCC(O)CCC(=O)[O-]. The minimum Gasteiger partial charge on any atom is -0.550 e. The number of carbonyl (C=O) groups is 1. The van der Waals surface area contributed by atoms with Crippen LogP contribution >= 0.6 is 0 Å². The molecule has 0 rings (SSSR count). The summed E-state index contributed by atoms with van der Waals surface area (Å²) in [6.07, 6.45) is 3.73. The number of hydrogen-bond acceptors (Lipinski definition) is 3. The maximum atomic E-state index is 10.0. The zero-order valence-corrected chi connectivity index (χ0v) is 7.58. The van der Waals surface area contributed by atoms with Gasteiger partial charge in [-0.1, -0.05) is 26.2 Å². The van der Waals surface area contributed by atoms with E-state index < -0.39 is 12.1 Å². The summed E-state index contributed by atoms with van der Waals surface area (Å²) in [5, 5.41) is 19.2. The Hall–Kier alpha value is -0.570. The summed E-state index contributed by atoms with van der Waals surface area (Å²) in [7, 11) is 0. The Morgan fingerprint density at radius 1 is 1.42 bits per heavy atom. The summed E-state index contributed by atoms with van der Waals surface area (Å²) in [6.45, 7) is 2.09. The number of carbonyl (C=O) groups excluding carboxylic acids is 1. The molecule has 0 aliphatic heterocycles. The first kappa shape index (κ1) is 11.4. The van der Waals surface area contributed by atoms with Crippen LogP contribution in [0.2, 0.25) is 0 Å². The Labute approximate surface area is 73.4 Å². The third kappa shape index (κ3) is 7.54. The zero-order valence-electron chi connectivity index (χ0n) is 7.58. The van der Waals surface area contributed by atoms with Crippen molar-refractivity contribution < 1.29 is 15.0 Å². The fourth-order valence-corrected chi connectivity index (χ4v) is 1.06. The van der Waals surface area contributed by atoms with Crippen molar-refractivity contribution in [2.45, 2.75) is 51.6 Å². The number of carboxylic acids is 1. The lowest BCUT2D eigenvalue weighted by atomic mass is 10.1. The summed E-state index contributed by atoms with van der Waals surface area (Å²) >= 11 is 0. The van der Waals surface area contributed by atoms with Gasteiger partial charge in [-0.2, -0.15) is 0 Å². The van der Waals surface area contributed by atoms with Crippen molar-refractivity contribution in [3.8, 4) is 0 Å². The number of aliphatic hydroxyl groups is 1. The first-order valence-corrected chi connectivity index (χ1v) is 4.54. The Kier molecular flexibility index (Phi) is 6.76. The maximum absolute atomic E-state index is 10.0. The fraction of sp³-hybridized carbons (Fsp3) is 0.889. The van der Waals surface area contributed by atoms with Crippen molar-refractivity contribution in [2.75, 3.05) is 0 Å². The molecule has 0 heterocycles. The summed E-state index contributed by atoms with van der Waals surface area (Å²) in [4.78, 5) is 10.0. The number of unbranched alkanes of at least 4 members (excludes halogenated alkanes) is 2. The Morgan fingerprint density at radius 3 is 2.58 bits per heavy atom. The van der Waals surface area contributed by atoms with E-state index in [9.17, 15) is 15.0 Å². The molecule has 1 N–H and O–H groups in total. The van der Waals surface area contributed by atoms with Crippen molar-refractivity contribution in [1.82, 2.24) is 0 Å². The van der Waals surface area contributed by atoms with E-state index >= 15 is 0 Å². The Morgan fingerprint density at radius 2 is 2.08 bits per heavy atom. The van der Waals surface area contributed by atoms with Gasteiger partial charge in [0.15, 0.2) is 0 Å². The van der Waals surface area contributed by atoms with Gasteiger partial charge in [-0.3, -0.25) is 0 Å². The van der Waals surface area contributed by atoms with Crippen LogP contribution in [0.5, 0.6) is 0 Å². The predicted molar refractivity (Wildman–Crippen MR) is 44.4 cm³/mol. The van der Waals surface area contributed by atoms with E-state index in [1.807, 2.05) is 0 Å². The highest BCUT2D eigenvalue weighted by Crippen LogP contribution is 2.07. The number of hydrogen-bond donors (Lipinski definition) is 1. The van der Waals surface area contributed by atoms with Crippen molar-refractivity contribution in [3.63, 3.8) is 0 Å². The second-order valence-corrected chi connectivity index (χ2v) is 3.06. The molecule has 1 unspecified atom stereocenters. The highest BCUT2D eigenvalue weighted by molar-refractivity contribution is 5.64. The van der Waals surface area contributed by atoms with Crippen LogP contribution in [0.1, 0.15) is 45.4 Å². The third-order valence-electron chi connectivity index (χ3n) is 1.82. The van der Waals surface area contributed by atoms with E-state index in [0.29, 0.717) is 12.8 Å². The summed E-state index contributed by atoms with van der Waals surface area (Å²) in [6, 6.07) is 0. The van der Waals surface area contributed by atoms with Crippen LogP contribution in [0, 0.1) is 0 Å². The van der Waals surface area contributed by atoms with Crippen LogP contribution in [-0.4, -0.2) is 17.2 Å². The molecule has 0 aliphatic carbocycles. The predicted octanol–water partition coefficient (Wildman–Crippen LogP) is 0.458. The molecule has 12 heavy (non-hydrogen) atoms. The molecular formula is C9H17O3-. The highest BCUT2D eigenvalue weighted by Gasteiger charge is 2.02. The first-order valence-electron chi connectivity index (χ1n) is 4.54. The van der Waals surface area contributed by atoms with Crippen LogP contribution in [0.25, 0.3) is 0 Å². The molecule has 0 amide bonds. The molecular weight excluding hydrogens is 156 g/mol. The molecule has 0 aromatic carbocycles. The van der Waals surface area contributed by atoms with Gasteiger partial charge in [-0.15, -0.1) is 0 Å². The summed E-state index contributed by atoms with van der Waals surface area (Å²) in [5.74, 6) is -1.08. The topological polar surface area (TPSA) is 60.4 Å². The van der Waals surface area contributed by atoms with Gasteiger partial charge in [0.05, 0.1) is 6.10 Å². The standard InChI is InChI=1S/C9H18O3/c1-2-3-4-5-8(10)6-7-9(11)12/h8,10H,2-7H2,1H3,(H,11,12)/p-1. The lowest BCUT2D eigenvalue weighted by molar-refractivity contribution is -0.306. The maximum Gasteiger partial charge on any atom is 0.0543 e.